The molecular formula is C22H25N9. The van der Waals surface area contributed by atoms with Crippen LogP contribution in [0.3, 0.4) is 0 Å². The Morgan fingerprint density at radius 2 is 2.03 bits per heavy atom. The Morgan fingerprint density at radius 1 is 1.16 bits per heavy atom. The number of hydrogen-bond donors (Lipinski definition) is 4. The number of nitrogens with two attached hydrogens (primary N) is 1. The van der Waals surface area contributed by atoms with E-state index in [1.807, 2.05) is 43.4 Å². The summed E-state index contributed by atoms with van der Waals surface area (Å²) in [5.74, 6) is 2.53. The SMILES string of the molecule is CNC1CCN(c2nc(-c3ccc4[nH]nc(N)c4c3)nnc2NCc2ccccc2)C1. The lowest BCUT2D eigenvalue weighted by Gasteiger charge is -2.21. The molecule has 9 heteroatoms. The van der Waals surface area contributed by atoms with Gasteiger partial charge in [-0.15, -0.1) is 10.2 Å². The van der Waals surface area contributed by atoms with Gasteiger partial charge < -0.3 is 21.3 Å². The number of benzene rings is 2. The molecule has 0 amide bonds. The molecule has 5 N–H and O–H groups in total. The fraction of sp³-hybridized carbons (Fsp3) is 0.273. The molecule has 31 heavy (non-hydrogen) atoms. The second-order valence-corrected chi connectivity index (χ2v) is 7.74. The van der Waals surface area contributed by atoms with Crippen molar-refractivity contribution in [1.29, 1.82) is 0 Å². The van der Waals surface area contributed by atoms with Gasteiger partial charge in [0, 0.05) is 36.6 Å². The van der Waals surface area contributed by atoms with E-state index in [1.165, 1.54) is 5.56 Å². The van der Waals surface area contributed by atoms with E-state index in [2.05, 4.69) is 48.1 Å². The molecule has 4 aromatic rings. The average molecular weight is 416 g/mol. The number of aromatic nitrogens is 5. The van der Waals surface area contributed by atoms with Gasteiger partial charge in [0.2, 0.25) is 0 Å². The molecule has 2 aromatic carbocycles. The van der Waals surface area contributed by atoms with Crippen LogP contribution < -0.4 is 21.3 Å². The van der Waals surface area contributed by atoms with Crippen molar-refractivity contribution in [2.24, 2.45) is 0 Å². The van der Waals surface area contributed by atoms with Crippen LogP contribution >= 0.6 is 0 Å². The maximum absolute atomic E-state index is 5.98. The van der Waals surface area contributed by atoms with E-state index < -0.39 is 0 Å². The molecular weight excluding hydrogens is 390 g/mol. The highest BCUT2D eigenvalue weighted by Crippen LogP contribution is 2.29. The zero-order valence-corrected chi connectivity index (χ0v) is 17.3. The number of anilines is 3. The minimum absolute atomic E-state index is 0.433. The van der Waals surface area contributed by atoms with Gasteiger partial charge in [-0.05, 0) is 37.2 Å². The van der Waals surface area contributed by atoms with Crippen molar-refractivity contribution in [2.75, 3.05) is 36.1 Å². The quantitative estimate of drug-likeness (QED) is 0.379. The molecule has 1 aliphatic heterocycles. The maximum atomic E-state index is 5.98. The molecule has 0 aliphatic carbocycles. The Labute approximate surface area is 180 Å². The predicted octanol–water partition coefficient (Wildman–Crippen LogP) is 2.41. The van der Waals surface area contributed by atoms with Crippen LogP contribution in [0.1, 0.15) is 12.0 Å². The summed E-state index contributed by atoms with van der Waals surface area (Å²) >= 11 is 0. The number of nitrogen functional groups attached to an aromatic ring is 1. The van der Waals surface area contributed by atoms with Crippen molar-refractivity contribution in [3.8, 4) is 11.4 Å². The smallest absolute Gasteiger partial charge is 0.192 e. The second-order valence-electron chi connectivity index (χ2n) is 7.74. The summed E-state index contributed by atoms with van der Waals surface area (Å²) < 4.78 is 0. The summed E-state index contributed by atoms with van der Waals surface area (Å²) in [6.07, 6.45) is 1.06. The van der Waals surface area contributed by atoms with Crippen LogP contribution in [-0.4, -0.2) is 51.6 Å². The fourth-order valence-electron chi connectivity index (χ4n) is 3.92. The Hall–Kier alpha value is -3.72. The van der Waals surface area contributed by atoms with E-state index in [4.69, 9.17) is 10.7 Å². The zero-order chi connectivity index (χ0) is 21.2. The van der Waals surface area contributed by atoms with E-state index in [1.54, 1.807) is 0 Å². The number of H-pyrrole nitrogens is 1. The van der Waals surface area contributed by atoms with E-state index in [-0.39, 0.29) is 0 Å². The van der Waals surface area contributed by atoms with Crippen LogP contribution in [-0.2, 0) is 6.54 Å². The zero-order valence-electron chi connectivity index (χ0n) is 17.3. The van der Waals surface area contributed by atoms with E-state index in [0.29, 0.717) is 30.0 Å². The van der Waals surface area contributed by atoms with E-state index >= 15 is 0 Å². The topological polar surface area (TPSA) is 121 Å². The minimum atomic E-state index is 0.433. The first kappa shape index (κ1) is 19.3. The Kier molecular flexibility index (Phi) is 5.09. The van der Waals surface area contributed by atoms with Crippen LogP contribution in [0.2, 0.25) is 0 Å². The highest BCUT2D eigenvalue weighted by molar-refractivity contribution is 5.91. The van der Waals surface area contributed by atoms with E-state index in [0.717, 1.165) is 41.8 Å². The third kappa shape index (κ3) is 3.87. The molecule has 0 bridgehead atoms. The monoisotopic (exact) mass is 415 g/mol. The number of hydrogen-bond acceptors (Lipinski definition) is 8. The normalized spacial score (nSPS) is 16.2. The number of nitrogens with one attached hydrogen (secondary N) is 3. The molecule has 0 radical (unpaired) electrons. The van der Waals surface area contributed by atoms with Crippen LogP contribution in [0.25, 0.3) is 22.3 Å². The molecule has 1 atom stereocenters. The van der Waals surface area contributed by atoms with Crippen LogP contribution in [0, 0.1) is 0 Å². The van der Waals surface area contributed by atoms with Gasteiger partial charge in [0.25, 0.3) is 0 Å². The van der Waals surface area contributed by atoms with Gasteiger partial charge in [-0.25, -0.2) is 4.98 Å². The molecule has 1 unspecified atom stereocenters. The summed E-state index contributed by atoms with van der Waals surface area (Å²) in [4.78, 5) is 7.18. The van der Waals surface area contributed by atoms with Crippen molar-refractivity contribution in [2.45, 2.75) is 19.0 Å². The minimum Gasteiger partial charge on any atom is -0.382 e. The van der Waals surface area contributed by atoms with Gasteiger partial charge >= 0.3 is 0 Å². The average Bonchev–Trinajstić information content (AvgIpc) is 3.45. The molecule has 3 heterocycles. The standard InChI is InChI=1S/C22H25N9/c1-24-16-9-10-31(13-16)22-21(25-12-14-5-3-2-4-6-14)30-29-20(26-22)15-7-8-18-17(11-15)19(23)28-27-18/h2-8,11,16,24H,9-10,12-13H2,1H3,(H,25,30)(H3,23,27,28). The Balaban J connectivity index is 1.49. The largest absolute Gasteiger partial charge is 0.382 e. The number of aromatic amines is 1. The van der Waals surface area contributed by atoms with Crippen LogP contribution in [0.4, 0.5) is 17.5 Å². The molecule has 1 fully saturated rings. The fourth-order valence-corrected chi connectivity index (χ4v) is 3.92. The molecule has 9 nitrogen and oxygen atoms in total. The summed E-state index contributed by atoms with van der Waals surface area (Å²) in [6.45, 7) is 2.45. The summed E-state index contributed by atoms with van der Waals surface area (Å²) in [6, 6.07) is 16.5. The molecule has 1 saturated heterocycles. The van der Waals surface area contributed by atoms with Gasteiger partial charge in [0.1, 0.15) is 0 Å². The number of likely N-dealkylation sites (N-methyl/N-ethyl adjacent to an activating group) is 1. The molecule has 1 aliphatic rings. The maximum Gasteiger partial charge on any atom is 0.192 e. The Morgan fingerprint density at radius 3 is 2.84 bits per heavy atom. The molecule has 2 aromatic heterocycles. The van der Waals surface area contributed by atoms with Crippen molar-refractivity contribution in [3.63, 3.8) is 0 Å². The van der Waals surface area contributed by atoms with E-state index in [9.17, 15) is 0 Å². The summed E-state index contributed by atoms with van der Waals surface area (Å²) in [5, 5.41) is 23.5. The van der Waals surface area contributed by atoms with Crippen LogP contribution in [0.15, 0.2) is 48.5 Å². The van der Waals surface area contributed by atoms with Crippen LogP contribution in [0.5, 0.6) is 0 Å². The highest BCUT2D eigenvalue weighted by Gasteiger charge is 2.26. The first-order chi connectivity index (χ1) is 15.2. The summed E-state index contributed by atoms with van der Waals surface area (Å²) in [5.41, 5.74) is 8.89. The van der Waals surface area contributed by atoms with Gasteiger partial charge in [-0.2, -0.15) is 5.10 Å². The number of fused-ring (bicyclic) bond motifs is 1. The lowest BCUT2D eigenvalue weighted by atomic mass is 10.1. The van der Waals surface area contributed by atoms with Gasteiger partial charge in [0.05, 0.1) is 5.52 Å². The number of nitrogens with zero attached hydrogens (tertiary/aromatic N) is 5. The third-order valence-electron chi connectivity index (χ3n) is 5.72. The number of rotatable bonds is 6. The van der Waals surface area contributed by atoms with Crippen molar-refractivity contribution in [1.82, 2.24) is 30.7 Å². The molecule has 0 saturated carbocycles. The summed E-state index contributed by atoms with van der Waals surface area (Å²) in [7, 11) is 2.00. The first-order valence-corrected chi connectivity index (χ1v) is 10.4. The molecule has 158 valence electrons. The first-order valence-electron chi connectivity index (χ1n) is 10.4. The second kappa shape index (κ2) is 8.19. The highest BCUT2D eigenvalue weighted by atomic mass is 15.3. The van der Waals surface area contributed by atoms with Gasteiger partial charge in [-0.1, -0.05) is 30.3 Å². The lowest BCUT2D eigenvalue weighted by Crippen LogP contribution is -2.30. The molecule has 0 spiro atoms. The third-order valence-corrected chi connectivity index (χ3v) is 5.72. The lowest BCUT2D eigenvalue weighted by molar-refractivity contribution is 0.616. The van der Waals surface area contributed by atoms with Gasteiger partial charge in [0.15, 0.2) is 23.3 Å². The Bertz CT molecular complexity index is 1190. The van der Waals surface area contributed by atoms with Crippen molar-refractivity contribution >= 4 is 28.4 Å². The van der Waals surface area contributed by atoms with Gasteiger partial charge in [-0.3, -0.25) is 5.10 Å². The van der Waals surface area contributed by atoms with Crippen molar-refractivity contribution < 1.29 is 0 Å². The predicted molar refractivity (Wildman–Crippen MR) is 123 cm³/mol. The molecule has 5 rings (SSSR count). The van der Waals surface area contributed by atoms with Crippen molar-refractivity contribution in [3.05, 3.63) is 54.1 Å².